The van der Waals surface area contributed by atoms with Crippen molar-refractivity contribution in [2.75, 3.05) is 26.1 Å². The predicted octanol–water partition coefficient (Wildman–Crippen LogP) is 3.66. The molecule has 2 aromatic carbocycles. The molecular weight excluding hydrogens is 386 g/mol. The van der Waals surface area contributed by atoms with Gasteiger partial charge in [-0.15, -0.1) is 0 Å². The molecule has 0 aliphatic heterocycles. The number of rotatable bonds is 8. The Morgan fingerprint density at radius 3 is 2.10 bits per heavy atom. The van der Waals surface area contributed by atoms with Crippen LogP contribution in [-0.2, 0) is 20.7 Å². The number of carbonyl (C=O) groups excluding carboxylic acids is 3. The van der Waals surface area contributed by atoms with Crippen LogP contribution in [0.25, 0.3) is 0 Å². The standard InChI is InChI=1S/C23H27NO6/c1-23(2,3)22(27)24-17-9-7-16(8-10-17)18(25)14-30-21(26)13-15-6-11-19(28-4)20(12-15)29-5/h6-12H,13-14H2,1-5H3,(H,24,27). The molecule has 2 rings (SSSR count). The molecule has 7 heteroatoms. The van der Waals surface area contributed by atoms with Crippen molar-refractivity contribution >= 4 is 23.3 Å². The number of esters is 1. The first kappa shape index (κ1) is 22.9. The van der Waals surface area contributed by atoms with Gasteiger partial charge in [0.15, 0.2) is 23.9 Å². The monoisotopic (exact) mass is 413 g/mol. The summed E-state index contributed by atoms with van der Waals surface area (Å²) in [5.74, 6) is 0.101. The van der Waals surface area contributed by atoms with Gasteiger partial charge in [0.25, 0.3) is 0 Å². The minimum absolute atomic E-state index is 0.00536. The zero-order valence-corrected chi connectivity index (χ0v) is 17.9. The van der Waals surface area contributed by atoms with Crippen molar-refractivity contribution in [1.82, 2.24) is 0 Å². The Bertz CT molecular complexity index is 912. The number of benzene rings is 2. The molecule has 0 bridgehead atoms. The third-order valence-electron chi connectivity index (χ3n) is 4.31. The zero-order chi connectivity index (χ0) is 22.3. The van der Waals surface area contributed by atoms with Gasteiger partial charge in [0, 0.05) is 16.7 Å². The van der Waals surface area contributed by atoms with Gasteiger partial charge in [-0.05, 0) is 42.0 Å². The van der Waals surface area contributed by atoms with E-state index in [-0.39, 0.29) is 24.7 Å². The summed E-state index contributed by atoms with van der Waals surface area (Å²) in [5, 5.41) is 2.79. The van der Waals surface area contributed by atoms with Crippen molar-refractivity contribution in [2.24, 2.45) is 5.41 Å². The Morgan fingerprint density at radius 1 is 0.900 bits per heavy atom. The zero-order valence-electron chi connectivity index (χ0n) is 17.9. The summed E-state index contributed by atoms with van der Waals surface area (Å²) in [5.41, 5.74) is 1.15. The van der Waals surface area contributed by atoms with Gasteiger partial charge >= 0.3 is 5.97 Å². The van der Waals surface area contributed by atoms with Crippen LogP contribution < -0.4 is 14.8 Å². The van der Waals surface area contributed by atoms with Crippen LogP contribution in [0.3, 0.4) is 0 Å². The molecule has 0 atom stereocenters. The fraction of sp³-hybridized carbons (Fsp3) is 0.348. The van der Waals surface area contributed by atoms with Crippen molar-refractivity contribution in [3.63, 3.8) is 0 Å². The fourth-order valence-electron chi connectivity index (χ4n) is 2.50. The minimum Gasteiger partial charge on any atom is -0.493 e. The highest BCUT2D eigenvalue weighted by Crippen LogP contribution is 2.27. The van der Waals surface area contributed by atoms with E-state index in [0.717, 1.165) is 0 Å². The number of ketones is 1. The SMILES string of the molecule is COc1ccc(CC(=O)OCC(=O)c2ccc(NC(=O)C(C)(C)C)cc2)cc1OC. The molecule has 7 nitrogen and oxygen atoms in total. The lowest BCUT2D eigenvalue weighted by Gasteiger charge is -2.17. The average molecular weight is 413 g/mol. The van der Waals surface area contributed by atoms with Crippen LogP contribution in [0.5, 0.6) is 11.5 Å². The molecule has 0 radical (unpaired) electrons. The molecule has 0 heterocycles. The van der Waals surface area contributed by atoms with Crippen molar-refractivity contribution in [3.05, 3.63) is 53.6 Å². The van der Waals surface area contributed by atoms with Crippen LogP contribution in [0, 0.1) is 5.41 Å². The van der Waals surface area contributed by atoms with E-state index in [1.54, 1.807) is 42.5 Å². The Morgan fingerprint density at radius 2 is 1.53 bits per heavy atom. The number of nitrogens with one attached hydrogen (secondary N) is 1. The Labute approximate surface area is 176 Å². The molecule has 0 unspecified atom stereocenters. The molecule has 2 aromatic rings. The van der Waals surface area contributed by atoms with Gasteiger partial charge in [0.05, 0.1) is 20.6 Å². The Hall–Kier alpha value is -3.35. The first-order valence-corrected chi connectivity index (χ1v) is 9.45. The van der Waals surface area contributed by atoms with Crippen LogP contribution >= 0.6 is 0 Å². The van der Waals surface area contributed by atoms with Gasteiger partial charge in [-0.2, -0.15) is 0 Å². The molecule has 0 aliphatic carbocycles. The fourth-order valence-corrected chi connectivity index (χ4v) is 2.50. The number of anilines is 1. The quantitative estimate of drug-likeness (QED) is 0.525. The van der Waals surface area contributed by atoms with Gasteiger partial charge in [-0.1, -0.05) is 26.8 Å². The Kier molecular flexibility index (Phi) is 7.58. The second kappa shape index (κ2) is 9.91. The first-order chi connectivity index (χ1) is 14.1. The molecular formula is C23H27NO6. The number of hydrogen-bond acceptors (Lipinski definition) is 6. The van der Waals surface area contributed by atoms with Crippen molar-refractivity contribution in [2.45, 2.75) is 27.2 Å². The minimum atomic E-state index is -0.523. The smallest absolute Gasteiger partial charge is 0.310 e. The van der Waals surface area contributed by atoms with Gasteiger partial charge in [0.2, 0.25) is 5.91 Å². The van der Waals surface area contributed by atoms with Gasteiger partial charge in [-0.25, -0.2) is 0 Å². The highest BCUT2D eigenvalue weighted by molar-refractivity contribution is 5.99. The van der Waals surface area contributed by atoms with Crippen LogP contribution in [0.15, 0.2) is 42.5 Å². The van der Waals surface area contributed by atoms with E-state index >= 15 is 0 Å². The normalized spacial score (nSPS) is 10.8. The molecule has 1 N–H and O–H groups in total. The Balaban J connectivity index is 1.89. The summed E-state index contributed by atoms with van der Waals surface area (Å²) >= 11 is 0. The van der Waals surface area contributed by atoms with E-state index < -0.39 is 11.4 Å². The second-order valence-electron chi connectivity index (χ2n) is 7.73. The van der Waals surface area contributed by atoms with E-state index in [0.29, 0.717) is 28.3 Å². The molecule has 30 heavy (non-hydrogen) atoms. The molecule has 0 saturated carbocycles. The first-order valence-electron chi connectivity index (χ1n) is 9.45. The number of methoxy groups -OCH3 is 2. The molecule has 0 fully saturated rings. The number of amides is 1. The van der Waals surface area contributed by atoms with E-state index in [4.69, 9.17) is 14.2 Å². The largest absolute Gasteiger partial charge is 0.493 e. The molecule has 0 aliphatic rings. The van der Waals surface area contributed by atoms with Gasteiger partial charge < -0.3 is 19.5 Å². The number of hydrogen-bond donors (Lipinski definition) is 1. The molecule has 0 aromatic heterocycles. The van der Waals surface area contributed by atoms with Crippen LogP contribution in [-0.4, -0.2) is 38.5 Å². The summed E-state index contributed by atoms with van der Waals surface area (Å²) in [6.07, 6.45) is 0.00536. The lowest BCUT2D eigenvalue weighted by Crippen LogP contribution is -2.27. The number of carbonyl (C=O) groups is 3. The maximum absolute atomic E-state index is 12.3. The highest BCUT2D eigenvalue weighted by atomic mass is 16.5. The van der Waals surface area contributed by atoms with E-state index in [1.807, 2.05) is 20.8 Å². The van der Waals surface area contributed by atoms with E-state index in [1.165, 1.54) is 14.2 Å². The predicted molar refractivity (Wildman–Crippen MR) is 113 cm³/mol. The summed E-state index contributed by atoms with van der Waals surface area (Å²) in [6.45, 7) is 5.09. The second-order valence-corrected chi connectivity index (χ2v) is 7.73. The lowest BCUT2D eigenvalue weighted by atomic mass is 9.95. The van der Waals surface area contributed by atoms with E-state index in [2.05, 4.69) is 5.32 Å². The summed E-state index contributed by atoms with van der Waals surface area (Å²) in [6, 6.07) is 11.6. The maximum atomic E-state index is 12.3. The summed E-state index contributed by atoms with van der Waals surface area (Å²) < 4.78 is 15.5. The number of ether oxygens (including phenoxy) is 3. The maximum Gasteiger partial charge on any atom is 0.310 e. The summed E-state index contributed by atoms with van der Waals surface area (Å²) in [4.78, 5) is 36.4. The molecule has 160 valence electrons. The molecule has 0 saturated heterocycles. The third-order valence-corrected chi connectivity index (χ3v) is 4.31. The highest BCUT2D eigenvalue weighted by Gasteiger charge is 2.21. The van der Waals surface area contributed by atoms with E-state index in [9.17, 15) is 14.4 Å². The van der Waals surface area contributed by atoms with Gasteiger partial charge in [0.1, 0.15) is 0 Å². The molecule has 0 spiro atoms. The molecule has 1 amide bonds. The van der Waals surface area contributed by atoms with Crippen molar-refractivity contribution in [1.29, 1.82) is 0 Å². The third kappa shape index (κ3) is 6.34. The van der Waals surface area contributed by atoms with Gasteiger partial charge in [-0.3, -0.25) is 14.4 Å². The topological polar surface area (TPSA) is 90.9 Å². The van der Waals surface area contributed by atoms with Crippen molar-refractivity contribution in [3.8, 4) is 11.5 Å². The van der Waals surface area contributed by atoms with Crippen molar-refractivity contribution < 1.29 is 28.6 Å². The van der Waals surface area contributed by atoms with Crippen LogP contribution in [0.1, 0.15) is 36.7 Å². The lowest BCUT2D eigenvalue weighted by molar-refractivity contribution is -0.141. The van der Waals surface area contributed by atoms with Crippen LogP contribution in [0.2, 0.25) is 0 Å². The summed E-state index contributed by atoms with van der Waals surface area (Å²) in [7, 11) is 3.04. The number of Topliss-reactive ketones (excluding diaryl/α,β-unsaturated/α-hetero) is 1. The van der Waals surface area contributed by atoms with Crippen LogP contribution in [0.4, 0.5) is 5.69 Å². The average Bonchev–Trinajstić information content (AvgIpc) is 2.71.